The van der Waals surface area contributed by atoms with E-state index in [1.165, 1.54) is 54.8 Å². The van der Waals surface area contributed by atoms with E-state index in [1.54, 1.807) is 0 Å². The fourth-order valence-corrected chi connectivity index (χ4v) is 5.34. The van der Waals surface area contributed by atoms with Gasteiger partial charge in [0, 0.05) is 40.3 Å². The minimum absolute atomic E-state index is 0.954. The zero-order valence-electron chi connectivity index (χ0n) is 18.0. The molecule has 0 saturated carbocycles. The minimum Gasteiger partial charge on any atom is -0.341 e. The maximum atomic E-state index is 2.42. The highest BCUT2D eigenvalue weighted by Gasteiger charge is 2.28. The van der Waals surface area contributed by atoms with Crippen LogP contribution in [0.2, 0.25) is 0 Å². The molecule has 1 aliphatic heterocycles. The van der Waals surface area contributed by atoms with Crippen LogP contribution in [0.15, 0.2) is 84.9 Å². The van der Waals surface area contributed by atoms with E-state index in [-0.39, 0.29) is 0 Å². The number of rotatable bonds is 4. The normalized spacial score (nSPS) is 14.3. The van der Waals surface area contributed by atoms with Crippen molar-refractivity contribution in [3.8, 4) is 0 Å². The van der Waals surface area contributed by atoms with Crippen LogP contribution < -0.4 is 5.35 Å². The Bertz CT molecular complexity index is 1580. The molecule has 0 N–H and O–H groups in total. The molecule has 6 rings (SSSR count). The summed E-state index contributed by atoms with van der Waals surface area (Å²) in [7, 11) is 0. The molecule has 0 spiro atoms. The van der Waals surface area contributed by atoms with Gasteiger partial charge in [-0.2, -0.15) is 4.58 Å². The molecular formula is C29H25N2+. The van der Waals surface area contributed by atoms with E-state index in [9.17, 15) is 0 Å². The zero-order valence-corrected chi connectivity index (χ0v) is 18.0. The summed E-state index contributed by atoms with van der Waals surface area (Å²) in [5.41, 5.74) is 5.24. The van der Waals surface area contributed by atoms with Gasteiger partial charge in [-0.15, -0.1) is 0 Å². The zero-order chi connectivity index (χ0) is 20.9. The Labute approximate surface area is 182 Å². The van der Waals surface area contributed by atoms with Crippen molar-refractivity contribution in [2.45, 2.75) is 20.4 Å². The lowest BCUT2D eigenvalue weighted by Crippen LogP contribution is -2.15. The van der Waals surface area contributed by atoms with Crippen molar-refractivity contribution in [2.75, 3.05) is 6.54 Å². The van der Waals surface area contributed by atoms with Crippen LogP contribution in [-0.4, -0.2) is 21.4 Å². The van der Waals surface area contributed by atoms with Gasteiger partial charge in [0.05, 0.1) is 10.9 Å². The van der Waals surface area contributed by atoms with Crippen molar-refractivity contribution in [1.29, 1.82) is 0 Å². The molecule has 5 aromatic rings. The molecular weight excluding hydrogens is 376 g/mol. The molecule has 2 heterocycles. The SMILES string of the molecule is CCn1/c(=C\C=C\C2=[N+](CC)c3cccc4cccc2c34)c2cccc3cccc1c32. The van der Waals surface area contributed by atoms with Crippen LogP contribution in [0.4, 0.5) is 5.69 Å². The lowest BCUT2D eigenvalue weighted by atomic mass is 10.0. The number of aryl methyl sites for hydroxylation is 1. The maximum Gasteiger partial charge on any atom is 0.214 e. The summed E-state index contributed by atoms with van der Waals surface area (Å²) in [4.78, 5) is 0. The van der Waals surface area contributed by atoms with Crippen molar-refractivity contribution in [1.82, 2.24) is 4.57 Å². The average molecular weight is 402 g/mol. The molecule has 0 radical (unpaired) electrons. The Hall–Kier alpha value is -3.65. The van der Waals surface area contributed by atoms with E-state index in [0.29, 0.717) is 0 Å². The number of hydrogen-bond acceptors (Lipinski definition) is 0. The topological polar surface area (TPSA) is 7.94 Å². The summed E-state index contributed by atoms with van der Waals surface area (Å²) in [6.07, 6.45) is 6.79. The van der Waals surface area contributed by atoms with E-state index in [1.807, 2.05) is 0 Å². The monoisotopic (exact) mass is 401 g/mol. The summed E-state index contributed by atoms with van der Waals surface area (Å²) < 4.78 is 4.85. The molecule has 0 unspecified atom stereocenters. The second-order valence-electron chi connectivity index (χ2n) is 8.15. The second-order valence-corrected chi connectivity index (χ2v) is 8.15. The van der Waals surface area contributed by atoms with E-state index < -0.39 is 0 Å². The Morgan fingerprint density at radius 1 is 0.806 bits per heavy atom. The summed E-state index contributed by atoms with van der Waals surface area (Å²) in [5.74, 6) is 0. The van der Waals surface area contributed by atoms with E-state index in [2.05, 4.69) is 114 Å². The van der Waals surface area contributed by atoms with Gasteiger partial charge in [0.15, 0.2) is 0 Å². The van der Waals surface area contributed by atoms with Crippen LogP contribution in [0, 0.1) is 0 Å². The highest BCUT2D eigenvalue weighted by molar-refractivity contribution is 6.20. The Morgan fingerprint density at radius 3 is 2.29 bits per heavy atom. The molecule has 0 fully saturated rings. The molecule has 150 valence electrons. The van der Waals surface area contributed by atoms with Crippen LogP contribution in [0.1, 0.15) is 19.4 Å². The van der Waals surface area contributed by atoms with Gasteiger partial charge in [0.2, 0.25) is 11.4 Å². The van der Waals surface area contributed by atoms with Gasteiger partial charge < -0.3 is 4.57 Å². The van der Waals surface area contributed by atoms with E-state index in [4.69, 9.17) is 0 Å². The van der Waals surface area contributed by atoms with Gasteiger partial charge in [0.1, 0.15) is 6.54 Å². The summed E-state index contributed by atoms with van der Waals surface area (Å²) in [6, 6.07) is 26.5. The van der Waals surface area contributed by atoms with Crippen LogP contribution >= 0.6 is 0 Å². The lowest BCUT2D eigenvalue weighted by Gasteiger charge is -2.01. The first kappa shape index (κ1) is 18.1. The van der Waals surface area contributed by atoms with Crippen molar-refractivity contribution in [2.24, 2.45) is 0 Å². The third-order valence-corrected chi connectivity index (χ3v) is 6.62. The van der Waals surface area contributed by atoms with Gasteiger partial charge in [-0.1, -0.05) is 60.7 Å². The molecule has 1 aliphatic rings. The first-order valence-electron chi connectivity index (χ1n) is 11.2. The Morgan fingerprint density at radius 2 is 1.52 bits per heavy atom. The quantitative estimate of drug-likeness (QED) is 0.317. The largest absolute Gasteiger partial charge is 0.341 e. The van der Waals surface area contributed by atoms with Crippen molar-refractivity contribution in [3.05, 3.63) is 95.9 Å². The Kier molecular flexibility index (Phi) is 4.07. The molecule has 0 bridgehead atoms. The molecule has 4 aromatic carbocycles. The van der Waals surface area contributed by atoms with Gasteiger partial charge in [0.25, 0.3) is 0 Å². The molecule has 0 amide bonds. The van der Waals surface area contributed by atoms with Gasteiger partial charge in [-0.05, 0) is 42.8 Å². The smallest absolute Gasteiger partial charge is 0.214 e. The first-order valence-corrected chi connectivity index (χ1v) is 11.2. The van der Waals surface area contributed by atoms with Crippen molar-refractivity contribution >= 4 is 49.9 Å². The fraction of sp³-hybridized carbons (Fsp3) is 0.138. The molecule has 1 aromatic heterocycles. The maximum absolute atomic E-state index is 2.42. The summed E-state index contributed by atoms with van der Waals surface area (Å²) in [6.45, 7) is 6.36. The molecule has 2 heteroatoms. The van der Waals surface area contributed by atoms with Crippen LogP contribution in [0.5, 0.6) is 0 Å². The van der Waals surface area contributed by atoms with Crippen molar-refractivity contribution in [3.63, 3.8) is 0 Å². The van der Waals surface area contributed by atoms with Crippen LogP contribution in [0.25, 0.3) is 38.5 Å². The average Bonchev–Trinajstić information content (AvgIpc) is 3.29. The van der Waals surface area contributed by atoms with Gasteiger partial charge in [-0.25, -0.2) is 0 Å². The number of allylic oxidation sites excluding steroid dienone is 2. The van der Waals surface area contributed by atoms with Crippen molar-refractivity contribution < 1.29 is 4.58 Å². The molecule has 0 aliphatic carbocycles. The second kappa shape index (κ2) is 6.95. The summed E-state index contributed by atoms with van der Waals surface area (Å²) >= 11 is 0. The highest BCUT2D eigenvalue weighted by atomic mass is 15.0. The van der Waals surface area contributed by atoms with Crippen LogP contribution in [0.3, 0.4) is 0 Å². The number of nitrogens with zero attached hydrogens (tertiary/aromatic N) is 2. The summed E-state index contributed by atoms with van der Waals surface area (Å²) in [5, 5.41) is 7.96. The predicted octanol–water partition coefficient (Wildman–Crippen LogP) is 6.19. The third-order valence-electron chi connectivity index (χ3n) is 6.62. The van der Waals surface area contributed by atoms with Gasteiger partial charge >= 0.3 is 0 Å². The third kappa shape index (κ3) is 2.55. The van der Waals surface area contributed by atoms with Gasteiger partial charge in [-0.3, -0.25) is 0 Å². The molecule has 0 atom stereocenters. The predicted molar refractivity (Wildman–Crippen MR) is 132 cm³/mol. The van der Waals surface area contributed by atoms with E-state index in [0.717, 1.165) is 13.1 Å². The highest BCUT2D eigenvalue weighted by Crippen LogP contribution is 2.35. The first-order chi connectivity index (χ1) is 15.3. The van der Waals surface area contributed by atoms with E-state index >= 15 is 0 Å². The lowest BCUT2D eigenvalue weighted by molar-refractivity contribution is -0.430. The molecule has 31 heavy (non-hydrogen) atoms. The number of hydrogen-bond donors (Lipinski definition) is 0. The van der Waals surface area contributed by atoms with Crippen LogP contribution in [-0.2, 0) is 6.54 Å². The number of aromatic nitrogens is 1. The molecule has 2 nitrogen and oxygen atoms in total. The number of benzene rings is 4. The standard InChI is InChI=1S/C29H25N2/c1-3-30-24(22-14-5-10-20-12-7-18-26(30)28(20)22)16-9-17-25-23-15-6-11-21-13-8-19-27(29(21)23)31(25)4-2/h5-19H,3-4H2,1-2H3/q+1. The minimum atomic E-state index is 0.954. The Balaban J connectivity index is 1.55. The molecule has 0 saturated heterocycles. The fourth-order valence-electron chi connectivity index (χ4n) is 5.34.